The third-order valence-corrected chi connectivity index (χ3v) is 7.46. The van der Waals surface area contributed by atoms with Gasteiger partial charge in [-0.15, -0.1) is 0 Å². The van der Waals surface area contributed by atoms with Gasteiger partial charge in [-0.2, -0.15) is 0 Å². The second-order valence-electron chi connectivity index (χ2n) is 10.6. The average Bonchev–Trinajstić information content (AvgIpc) is 3.06. The molecule has 10 heteroatoms. The van der Waals surface area contributed by atoms with E-state index in [0.717, 1.165) is 21.4 Å². The van der Waals surface area contributed by atoms with E-state index in [9.17, 15) is 24.5 Å². The first-order valence-corrected chi connectivity index (χ1v) is 14.3. The van der Waals surface area contributed by atoms with Gasteiger partial charge >= 0.3 is 6.03 Å². The minimum Gasteiger partial charge on any atom is -0.489 e. The molecule has 228 valence electrons. The van der Waals surface area contributed by atoms with Crippen LogP contribution in [0.15, 0.2) is 115 Å². The van der Waals surface area contributed by atoms with E-state index in [1.807, 2.05) is 61.5 Å². The Labute approximate surface area is 263 Å². The maximum atomic E-state index is 13.7. The molecule has 0 bridgehead atoms. The molecule has 0 unspecified atom stereocenters. The van der Waals surface area contributed by atoms with E-state index < -0.39 is 22.8 Å². The predicted molar refractivity (Wildman–Crippen MR) is 172 cm³/mol. The monoisotopic (exact) mass is 613 g/mol. The highest BCUT2D eigenvalue weighted by Gasteiger charge is 2.37. The summed E-state index contributed by atoms with van der Waals surface area (Å²) < 4.78 is 11.9. The van der Waals surface area contributed by atoms with Crippen molar-refractivity contribution < 1.29 is 28.8 Å². The molecule has 1 aliphatic heterocycles. The van der Waals surface area contributed by atoms with Crippen molar-refractivity contribution in [2.75, 3.05) is 4.90 Å². The second-order valence-corrected chi connectivity index (χ2v) is 10.6. The van der Waals surface area contributed by atoms with Crippen LogP contribution in [0.4, 0.5) is 16.2 Å². The highest BCUT2D eigenvalue weighted by Crippen LogP contribution is 2.33. The number of nitro benzene ring substituents is 1. The molecular weight excluding hydrogens is 586 g/mol. The summed E-state index contributed by atoms with van der Waals surface area (Å²) in [5, 5.41) is 15.0. The van der Waals surface area contributed by atoms with Gasteiger partial charge < -0.3 is 9.47 Å². The Hall–Kier alpha value is -6.29. The summed E-state index contributed by atoms with van der Waals surface area (Å²) in [6, 6.07) is 30.5. The van der Waals surface area contributed by atoms with Gasteiger partial charge in [0.25, 0.3) is 17.5 Å². The third-order valence-electron chi connectivity index (χ3n) is 7.46. The Morgan fingerprint density at radius 1 is 0.804 bits per heavy atom. The normalized spacial score (nSPS) is 14.0. The first-order valence-electron chi connectivity index (χ1n) is 14.3. The lowest BCUT2D eigenvalue weighted by Gasteiger charge is -2.26. The maximum absolute atomic E-state index is 13.7. The summed E-state index contributed by atoms with van der Waals surface area (Å²) in [4.78, 5) is 51.3. The summed E-state index contributed by atoms with van der Waals surface area (Å²) in [6.07, 6.45) is 1.40. The van der Waals surface area contributed by atoms with Crippen LogP contribution in [-0.2, 0) is 22.8 Å². The highest BCUT2D eigenvalue weighted by atomic mass is 16.6. The number of non-ortho nitro benzene ring substituents is 1. The summed E-state index contributed by atoms with van der Waals surface area (Å²) >= 11 is 0. The second kappa shape index (κ2) is 12.7. The van der Waals surface area contributed by atoms with Crippen molar-refractivity contribution in [3.8, 4) is 11.5 Å². The Balaban J connectivity index is 1.28. The fourth-order valence-electron chi connectivity index (χ4n) is 5.05. The number of urea groups is 1. The standard InChI is InChI=1S/C36H27N3O7/c1-23-9-11-24(12-10-23)21-45-29-16-14-27(15-17-29)38-35(41)32(34(40)37-36(38)42)20-31-30-8-3-2-6-26(30)13-18-33(31)46-22-25-5-4-7-28(19-25)39(43)44/h2-20H,21-22H2,1H3,(H,37,40,42)/b32-20+. The zero-order valence-corrected chi connectivity index (χ0v) is 24.6. The zero-order chi connectivity index (χ0) is 32.2. The smallest absolute Gasteiger partial charge is 0.335 e. The third kappa shape index (κ3) is 6.31. The Morgan fingerprint density at radius 2 is 1.54 bits per heavy atom. The van der Waals surface area contributed by atoms with Crippen molar-refractivity contribution in [2.45, 2.75) is 20.1 Å². The molecule has 0 aromatic heterocycles. The molecule has 4 amide bonds. The molecule has 6 rings (SSSR count). The molecule has 5 aromatic carbocycles. The first-order chi connectivity index (χ1) is 22.3. The molecule has 5 aromatic rings. The topological polar surface area (TPSA) is 128 Å². The summed E-state index contributed by atoms with van der Waals surface area (Å²) in [5.41, 5.74) is 3.07. The van der Waals surface area contributed by atoms with E-state index in [1.54, 1.807) is 42.5 Å². The van der Waals surface area contributed by atoms with Crippen LogP contribution in [0.5, 0.6) is 11.5 Å². The number of aryl methyl sites for hydroxylation is 1. The zero-order valence-electron chi connectivity index (χ0n) is 24.6. The molecule has 1 aliphatic rings. The number of imide groups is 2. The van der Waals surface area contributed by atoms with Crippen molar-refractivity contribution in [2.24, 2.45) is 0 Å². The first kappa shape index (κ1) is 29.8. The van der Waals surface area contributed by atoms with Gasteiger partial charge in [-0.05, 0) is 65.2 Å². The van der Waals surface area contributed by atoms with Crippen LogP contribution < -0.4 is 19.7 Å². The lowest BCUT2D eigenvalue weighted by molar-refractivity contribution is -0.384. The molecule has 46 heavy (non-hydrogen) atoms. The van der Waals surface area contributed by atoms with Gasteiger partial charge in [0.15, 0.2) is 0 Å². The van der Waals surface area contributed by atoms with Crippen LogP contribution >= 0.6 is 0 Å². The minimum absolute atomic E-state index is 0.000714. The number of ether oxygens (including phenoxy) is 2. The molecule has 0 saturated carbocycles. The van der Waals surface area contributed by atoms with E-state index in [2.05, 4.69) is 5.32 Å². The molecule has 0 radical (unpaired) electrons. The number of carbonyl (C=O) groups is 3. The van der Waals surface area contributed by atoms with E-state index in [1.165, 1.54) is 18.2 Å². The SMILES string of the molecule is Cc1ccc(COc2ccc(N3C(=O)NC(=O)/C(=C\c4c(OCc5cccc([N+](=O)[O-])c5)ccc5ccccc45)C3=O)cc2)cc1. The van der Waals surface area contributed by atoms with Crippen LogP contribution in [0.2, 0.25) is 0 Å². The number of nitrogens with zero attached hydrogens (tertiary/aromatic N) is 2. The quantitative estimate of drug-likeness (QED) is 0.0831. The van der Waals surface area contributed by atoms with Crippen molar-refractivity contribution in [3.63, 3.8) is 0 Å². The molecule has 1 heterocycles. The van der Waals surface area contributed by atoms with Crippen LogP contribution in [0, 0.1) is 17.0 Å². The number of barbiturate groups is 1. The van der Waals surface area contributed by atoms with E-state index in [0.29, 0.717) is 34.6 Å². The Morgan fingerprint density at radius 3 is 2.30 bits per heavy atom. The average molecular weight is 614 g/mol. The molecule has 1 N–H and O–H groups in total. The number of nitrogens with one attached hydrogen (secondary N) is 1. The number of anilines is 1. The number of amides is 4. The lowest BCUT2D eigenvalue weighted by atomic mass is 9.99. The molecule has 1 fully saturated rings. The van der Waals surface area contributed by atoms with Crippen LogP contribution in [0.25, 0.3) is 16.8 Å². The highest BCUT2D eigenvalue weighted by molar-refractivity contribution is 6.39. The summed E-state index contributed by atoms with van der Waals surface area (Å²) in [5.74, 6) is -0.763. The maximum Gasteiger partial charge on any atom is 0.335 e. The number of hydrogen-bond donors (Lipinski definition) is 1. The fraction of sp³-hybridized carbons (Fsp3) is 0.0833. The van der Waals surface area contributed by atoms with Gasteiger partial charge in [0.2, 0.25) is 0 Å². The Bertz CT molecular complexity index is 2020. The van der Waals surface area contributed by atoms with Crippen LogP contribution in [0.1, 0.15) is 22.3 Å². The minimum atomic E-state index is -0.875. The summed E-state index contributed by atoms with van der Waals surface area (Å²) in [6.45, 7) is 2.35. The molecular formula is C36H27N3O7. The summed E-state index contributed by atoms with van der Waals surface area (Å²) in [7, 11) is 0. The van der Waals surface area contributed by atoms with Gasteiger partial charge in [0.1, 0.15) is 30.3 Å². The molecule has 0 spiro atoms. The van der Waals surface area contributed by atoms with E-state index in [-0.39, 0.29) is 23.6 Å². The van der Waals surface area contributed by atoms with Gasteiger partial charge in [-0.25, -0.2) is 9.69 Å². The van der Waals surface area contributed by atoms with Crippen molar-refractivity contribution in [1.82, 2.24) is 5.32 Å². The number of fused-ring (bicyclic) bond motifs is 1. The number of hydrogen-bond acceptors (Lipinski definition) is 7. The molecule has 10 nitrogen and oxygen atoms in total. The van der Waals surface area contributed by atoms with Gasteiger partial charge in [-0.3, -0.25) is 25.0 Å². The number of benzene rings is 5. The molecule has 1 saturated heterocycles. The molecule has 0 atom stereocenters. The van der Waals surface area contributed by atoms with Gasteiger partial charge in [0, 0.05) is 17.7 Å². The lowest BCUT2D eigenvalue weighted by Crippen LogP contribution is -2.54. The van der Waals surface area contributed by atoms with Crippen LogP contribution in [0.3, 0.4) is 0 Å². The predicted octanol–water partition coefficient (Wildman–Crippen LogP) is 6.88. The largest absolute Gasteiger partial charge is 0.489 e. The van der Waals surface area contributed by atoms with E-state index >= 15 is 0 Å². The molecule has 0 aliphatic carbocycles. The number of rotatable bonds is 9. The fourth-order valence-corrected chi connectivity index (χ4v) is 5.05. The van der Waals surface area contributed by atoms with Crippen molar-refractivity contribution in [1.29, 1.82) is 0 Å². The van der Waals surface area contributed by atoms with E-state index in [4.69, 9.17) is 9.47 Å². The number of carbonyl (C=O) groups excluding carboxylic acids is 3. The van der Waals surface area contributed by atoms with Crippen molar-refractivity contribution in [3.05, 3.63) is 147 Å². The number of nitro groups is 1. The Kier molecular flexibility index (Phi) is 8.25. The van der Waals surface area contributed by atoms with Crippen molar-refractivity contribution >= 4 is 46.1 Å². The van der Waals surface area contributed by atoms with Gasteiger partial charge in [-0.1, -0.05) is 72.3 Å². The van der Waals surface area contributed by atoms with Crippen LogP contribution in [-0.4, -0.2) is 22.8 Å². The van der Waals surface area contributed by atoms with Gasteiger partial charge in [0.05, 0.1) is 10.6 Å².